The van der Waals surface area contributed by atoms with Gasteiger partial charge in [-0.3, -0.25) is 0 Å². The SMILES string of the molecule is CCCNC(c1cc2cc(C)ccc2o1)C1(C)CC1. The summed E-state index contributed by atoms with van der Waals surface area (Å²) >= 11 is 0. The van der Waals surface area contributed by atoms with E-state index in [1.807, 2.05) is 0 Å². The second kappa shape index (κ2) is 4.68. The molecule has 1 aliphatic carbocycles. The summed E-state index contributed by atoms with van der Waals surface area (Å²) in [7, 11) is 0. The highest BCUT2D eigenvalue weighted by Crippen LogP contribution is 2.54. The molecule has 0 aliphatic heterocycles. The molecule has 19 heavy (non-hydrogen) atoms. The van der Waals surface area contributed by atoms with E-state index in [9.17, 15) is 0 Å². The van der Waals surface area contributed by atoms with Gasteiger partial charge in [0.15, 0.2) is 0 Å². The lowest BCUT2D eigenvalue weighted by Gasteiger charge is -2.22. The van der Waals surface area contributed by atoms with Crippen LogP contribution in [0.25, 0.3) is 11.0 Å². The van der Waals surface area contributed by atoms with Crippen molar-refractivity contribution in [2.45, 2.75) is 46.1 Å². The van der Waals surface area contributed by atoms with E-state index >= 15 is 0 Å². The summed E-state index contributed by atoms with van der Waals surface area (Å²) in [5.41, 5.74) is 2.68. The molecule has 0 spiro atoms. The van der Waals surface area contributed by atoms with Gasteiger partial charge in [0, 0.05) is 5.39 Å². The third kappa shape index (κ3) is 2.42. The fourth-order valence-electron chi connectivity index (χ4n) is 2.79. The second-order valence-electron chi connectivity index (χ2n) is 6.23. The molecule has 1 unspecified atom stereocenters. The lowest BCUT2D eigenvalue weighted by molar-refractivity contribution is 0.316. The van der Waals surface area contributed by atoms with Gasteiger partial charge in [0.2, 0.25) is 0 Å². The molecule has 1 atom stereocenters. The number of nitrogens with one attached hydrogen (secondary N) is 1. The van der Waals surface area contributed by atoms with Crippen molar-refractivity contribution in [1.82, 2.24) is 5.32 Å². The molecule has 3 rings (SSSR count). The predicted octanol–water partition coefficient (Wildman–Crippen LogP) is 4.58. The molecular weight excluding hydrogens is 234 g/mol. The van der Waals surface area contributed by atoms with Crippen molar-refractivity contribution in [2.24, 2.45) is 5.41 Å². The Hall–Kier alpha value is -1.28. The largest absolute Gasteiger partial charge is 0.459 e. The first-order valence-corrected chi connectivity index (χ1v) is 7.36. The Labute approximate surface area is 115 Å². The minimum atomic E-state index is 0.361. The van der Waals surface area contributed by atoms with Crippen molar-refractivity contribution in [3.63, 3.8) is 0 Å². The number of hydrogen-bond donors (Lipinski definition) is 1. The summed E-state index contributed by atoms with van der Waals surface area (Å²) in [5.74, 6) is 1.11. The minimum Gasteiger partial charge on any atom is -0.459 e. The van der Waals surface area contributed by atoms with E-state index in [-0.39, 0.29) is 0 Å². The van der Waals surface area contributed by atoms with Gasteiger partial charge in [-0.2, -0.15) is 0 Å². The first-order chi connectivity index (χ1) is 9.12. The molecule has 1 aromatic carbocycles. The van der Waals surface area contributed by atoms with Crippen LogP contribution in [0.5, 0.6) is 0 Å². The van der Waals surface area contributed by atoms with Gasteiger partial charge in [-0.25, -0.2) is 0 Å². The number of benzene rings is 1. The summed E-state index contributed by atoms with van der Waals surface area (Å²) in [4.78, 5) is 0. The third-order valence-corrected chi connectivity index (χ3v) is 4.31. The Morgan fingerprint density at radius 1 is 1.32 bits per heavy atom. The van der Waals surface area contributed by atoms with Crippen LogP contribution in [0.2, 0.25) is 0 Å². The highest BCUT2D eigenvalue weighted by molar-refractivity contribution is 5.78. The Bertz CT molecular complexity index is 580. The highest BCUT2D eigenvalue weighted by atomic mass is 16.3. The molecule has 1 fully saturated rings. The van der Waals surface area contributed by atoms with Crippen LogP contribution < -0.4 is 5.32 Å². The van der Waals surface area contributed by atoms with Crippen LogP contribution in [0.3, 0.4) is 0 Å². The highest BCUT2D eigenvalue weighted by Gasteiger charge is 2.46. The molecule has 2 aromatic rings. The molecule has 0 amide bonds. The summed E-state index contributed by atoms with van der Waals surface area (Å²) in [6, 6.07) is 8.98. The molecule has 0 bridgehead atoms. The average molecular weight is 257 g/mol. The van der Waals surface area contributed by atoms with E-state index in [4.69, 9.17) is 4.42 Å². The number of fused-ring (bicyclic) bond motifs is 1. The molecule has 1 aromatic heterocycles. The van der Waals surface area contributed by atoms with Crippen LogP contribution in [0.1, 0.15) is 50.5 Å². The fourth-order valence-corrected chi connectivity index (χ4v) is 2.79. The van der Waals surface area contributed by atoms with E-state index in [0.29, 0.717) is 11.5 Å². The molecule has 2 nitrogen and oxygen atoms in total. The van der Waals surface area contributed by atoms with E-state index in [1.54, 1.807) is 0 Å². The Morgan fingerprint density at radius 2 is 2.11 bits per heavy atom. The first-order valence-electron chi connectivity index (χ1n) is 7.36. The molecule has 1 saturated carbocycles. The Morgan fingerprint density at radius 3 is 2.79 bits per heavy atom. The normalized spacial score (nSPS) is 18.7. The van der Waals surface area contributed by atoms with Crippen molar-refractivity contribution < 1.29 is 4.42 Å². The summed E-state index contributed by atoms with van der Waals surface area (Å²) in [6.07, 6.45) is 3.75. The van der Waals surface area contributed by atoms with Crippen molar-refractivity contribution in [3.8, 4) is 0 Å². The number of aryl methyl sites for hydroxylation is 1. The number of hydrogen-bond acceptors (Lipinski definition) is 2. The first kappa shape index (κ1) is 12.7. The zero-order valence-electron chi connectivity index (χ0n) is 12.1. The maximum absolute atomic E-state index is 6.09. The van der Waals surface area contributed by atoms with Crippen LogP contribution in [-0.4, -0.2) is 6.54 Å². The summed E-state index contributed by atoms with van der Waals surface area (Å²) < 4.78 is 6.09. The quantitative estimate of drug-likeness (QED) is 0.848. The molecule has 0 saturated heterocycles. The van der Waals surface area contributed by atoms with Gasteiger partial charge in [-0.15, -0.1) is 0 Å². The maximum atomic E-state index is 6.09. The van der Waals surface area contributed by atoms with Gasteiger partial charge in [0.1, 0.15) is 11.3 Å². The molecule has 0 radical (unpaired) electrons. The molecule has 102 valence electrons. The minimum absolute atomic E-state index is 0.361. The Balaban J connectivity index is 1.95. The molecule has 1 heterocycles. The van der Waals surface area contributed by atoms with Crippen molar-refractivity contribution in [3.05, 3.63) is 35.6 Å². The molecule has 2 heteroatoms. The van der Waals surface area contributed by atoms with E-state index in [2.05, 4.69) is 50.4 Å². The maximum Gasteiger partial charge on any atom is 0.134 e. The molecular formula is C17H23NO. The van der Waals surface area contributed by atoms with Gasteiger partial charge in [-0.05, 0) is 56.3 Å². The van der Waals surface area contributed by atoms with E-state index in [0.717, 1.165) is 24.3 Å². The van der Waals surface area contributed by atoms with Gasteiger partial charge in [0.25, 0.3) is 0 Å². The lowest BCUT2D eigenvalue weighted by atomic mass is 9.96. The van der Waals surface area contributed by atoms with Crippen molar-refractivity contribution >= 4 is 11.0 Å². The van der Waals surface area contributed by atoms with Crippen LogP contribution in [-0.2, 0) is 0 Å². The van der Waals surface area contributed by atoms with Gasteiger partial charge in [-0.1, -0.05) is 25.5 Å². The summed E-state index contributed by atoms with van der Waals surface area (Å²) in [5, 5.41) is 4.89. The topological polar surface area (TPSA) is 25.2 Å². The van der Waals surface area contributed by atoms with Gasteiger partial charge < -0.3 is 9.73 Å². The summed E-state index contributed by atoms with van der Waals surface area (Å²) in [6.45, 7) is 7.75. The van der Waals surface area contributed by atoms with Crippen molar-refractivity contribution in [2.75, 3.05) is 6.54 Å². The van der Waals surface area contributed by atoms with Gasteiger partial charge in [0.05, 0.1) is 6.04 Å². The van der Waals surface area contributed by atoms with Crippen molar-refractivity contribution in [1.29, 1.82) is 0 Å². The van der Waals surface area contributed by atoms with E-state index in [1.165, 1.54) is 23.8 Å². The van der Waals surface area contributed by atoms with E-state index < -0.39 is 0 Å². The van der Waals surface area contributed by atoms with Crippen LogP contribution in [0, 0.1) is 12.3 Å². The number of furan rings is 1. The monoisotopic (exact) mass is 257 g/mol. The van der Waals surface area contributed by atoms with Crippen LogP contribution in [0.15, 0.2) is 28.7 Å². The van der Waals surface area contributed by atoms with Crippen LogP contribution in [0.4, 0.5) is 0 Å². The zero-order valence-corrected chi connectivity index (χ0v) is 12.1. The van der Waals surface area contributed by atoms with Crippen LogP contribution >= 0.6 is 0 Å². The average Bonchev–Trinajstić information content (AvgIpc) is 2.98. The smallest absolute Gasteiger partial charge is 0.134 e. The standard InChI is InChI=1S/C17H23NO/c1-4-9-18-16(17(3)7-8-17)15-11-13-10-12(2)5-6-14(13)19-15/h5-6,10-11,16,18H,4,7-9H2,1-3H3. The fraction of sp³-hybridized carbons (Fsp3) is 0.529. The predicted molar refractivity (Wildman–Crippen MR) is 79.3 cm³/mol. The molecule has 1 aliphatic rings. The lowest BCUT2D eigenvalue weighted by Crippen LogP contribution is -2.28. The second-order valence-corrected chi connectivity index (χ2v) is 6.23. The zero-order chi connectivity index (χ0) is 13.5. The number of rotatable bonds is 5. The Kier molecular flexibility index (Phi) is 3.14. The third-order valence-electron chi connectivity index (χ3n) is 4.31. The van der Waals surface area contributed by atoms with Gasteiger partial charge >= 0.3 is 0 Å². The molecule has 1 N–H and O–H groups in total.